The number of esters is 1. The highest BCUT2D eigenvalue weighted by Gasteiger charge is 2.31. The van der Waals surface area contributed by atoms with Gasteiger partial charge in [0.2, 0.25) is 5.91 Å². The summed E-state index contributed by atoms with van der Waals surface area (Å²) in [6.07, 6.45) is -5.55. The van der Waals surface area contributed by atoms with Gasteiger partial charge in [0.05, 0.1) is 21.8 Å². The van der Waals surface area contributed by atoms with E-state index >= 15 is 0 Å². The van der Waals surface area contributed by atoms with E-state index in [0.717, 1.165) is 35.2 Å². The first-order chi connectivity index (χ1) is 13.9. The van der Waals surface area contributed by atoms with Gasteiger partial charge in [0.15, 0.2) is 0 Å². The summed E-state index contributed by atoms with van der Waals surface area (Å²) in [5.41, 5.74) is 4.14. The van der Waals surface area contributed by atoms with E-state index in [9.17, 15) is 31.9 Å². The number of carbonyl (C=O) groups is 3. The molecule has 12 heteroatoms. The maximum Gasteiger partial charge on any atom is 0.416 e. The van der Waals surface area contributed by atoms with Crippen LogP contribution in [0.5, 0.6) is 0 Å². The van der Waals surface area contributed by atoms with Crippen molar-refractivity contribution in [3.8, 4) is 0 Å². The quantitative estimate of drug-likeness (QED) is 0.466. The Morgan fingerprint density at radius 1 is 1.27 bits per heavy atom. The molecule has 162 valence electrons. The van der Waals surface area contributed by atoms with Crippen LogP contribution in [0.25, 0.3) is 0 Å². The van der Waals surface area contributed by atoms with Gasteiger partial charge in [-0.05, 0) is 31.2 Å². The number of hydrogen-bond donors (Lipinski definition) is 2. The molecule has 0 aliphatic rings. The minimum absolute atomic E-state index is 0.0386. The van der Waals surface area contributed by atoms with Crippen LogP contribution in [0.1, 0.15) is 36.2 Å². The number of ether oxygens (including phenoxy) is 1. The first-order valence-electron chi connectivity index (χ1n) is 8.32. The van der Waals surface area contributed by atoms with Crippen LogP contribution in [0.4, 0.5) is 22.6 Å². The number of nitrogens with one attached hydrogen (secondary N) is 1. The first kappa shape index (κ1) is 23.7. The molecule has 0 radical (unpaired) electrons. The van der Waals surface area contributed by atoms with E-state index in [1.807, 2.05) is 0 Å². The number of nitrogens with two attached hydrogens (primary N) is 1. The highest BCUT2D eigenvalue weighted by Crippen LogP contribution is 2.40. The SMILES string of the molecule is CC(=O)OC(C)CC(=O)Nc1sc(Sc2ccc(C(F)(F)F)cc2F)cc1C(N)=O. The van der Waals surface area contributed by atoms with E-state index < -0.39 is 41.4 Å². The number of amides is 2. The van der Waals surface area contributed by atoms with Crippen LogP contribution in [-0.2, 0) is 20.5 Å². The van der Waals surface area contributed by atoms with Crippen LogP contribution in [0, 0.1) is 5.82 Å². The third kappa shape index (κ3) is 6.46. The molecule has 30 heavy (non-hydrogen) atoms. The normalized spacial score (nSPS) is 12.3. The topological polar surface area (TPSA) is 98.5 Å². The molecule has 0 aliphatic carbocycles. The Balaban J connectivity index is 2.19. The Kier molecular flexibility index (Phi) is 7.48. The van der Waals surface area contributed by atoms with E-state index in [1.165, 1.54) is 19.9 Å². The number of primary amides is 1. The van der Waals surface area contributed by atoms with Crippen LogP contribution in [-0.4, -0.2) is 23.9 Å². The lowest BCUT2D eigenvalue weighted by Gasteiger charge is -2.11. The van der Waals surface area contributed by atoms with Crippen molar-refractivity contribution < 1.29 is 36.7 Å². The zero-order chi connectivity index (χ0) is 22.6. The van der Waals surface area contributed by atoms with Gasteiger partial charge >= 0.3 is 12.1 Å². The molecular weight excluding hydrogens is 448 g/mol. The summed E-state index contributed by atoms with van der Waals surface area (Å²) in [7, 11) is 0. The van der Waals surface area contributed by atoms with Crippen LogP contribution >= 0.6 is 23.1 Å². The molecule has 2 aromatic rings. The Labute approximate surface area is 176 Å². The van der Waals surface area contributed by atoms with Crippen molar-refractivity contribution in [2.75, 3.05) is 5.32 Å². The van der Waals surface area contributed by atoms with Gasteiger partial charge in [-0.2, -0.15) is 13.2 Å². The van der Waals surface area contributed by atoms with E-state index in [0.29, 0.717) is 10.3 Å². The fraction of sp³-hybridized carbons (Fsp3) is 0.278. The van der Waals surface area contributed by atoms with E-state index in [-0.39, 0.29) is 21.9 Å². The second-order valence-corrected chi connectivity index (χ2v) is 8.48. The summed E-state index contributed by atoms with van der Waals surface area (Å²) in [5, 5.41) is 2.57. The predicted molar refractivity (Wildman–Crippen MR) is 103 cm³/mol. The molecule has 0 saturated carbocycles. The number of rotatable bonds is 7. The lowest BCUT2D eigenvalue weighted by atomic mass is 10.2. The smallest absolute Gasteiger partial charge is 0.416 e. The lowest BCUT2D eigenvalue weighted by Crippen LogP contribution is -2.22. The van der Waals surface area contributed by atoms with Crippen molar-refractivity contribution in [1.29, 1.82) is 0 Å². The maximum absolute atomic E-state index is 14.1. The molecule has 0 saturated heterocycles. The fourth-order valence-electron chi connectivity index (χ4n) is 2.33. The number of anilines is 1. The van der Waals surface area contributed by atoms with Gasteiger partial charge < -0.3 is 15.8 Å². The molecule has 1 aromatic heterocycles. The highest BCUT2D eigenvalue weighted by molar-refractivity contribution is 8.01. The molecule has 1 aromatic carbocycles. The number of halogens is 4. The van der Waals surface area contributed by atoms with Gasteiger partial charge in [-0.1, -0.05) is 11.8 Å². The standard InChI is InChI=1S/C18H16F4N2O4S2/c1-8(28-9(2)25)5-14(26)24-17-11(16(23)27)7-15(30-17)29-13-4-3-10(6-12(13)19)18(20,21)22/h3-4,6-8H,5H2,1-2H3,(H2,23,27)(H,24,26). The Bertz CT molecular complexity index is 976. The van der Waals surface area contributed by atoms with Gasteiger partial charge in [0, 0.05) is 11.8 Å². The van der Waals surface area contributed by atoms with Crippen LogP contribution in [0.2, 0.25) is 0 Å². The second-order valence-electron chi connectivity index (χ2n) is 6.09. The number of benzene rings is 1. The summed E-state index contributed by atoms with van der Waals surface area (Å²) >= 11 is 1.69. The van der Waals surface area contributed by atoms with Gasteiger partial charge in [0.25, 0.3) is 5.91 Å². The molecule has 0 spiro atoms. The third-order valence-corrected chi connectivity index (χ3v) is 5.75. The molecule has 0 aliphatic heterocycles. The van der Waals surface area contributed by atoms with Crippen molar-refractivity contribution in [3.05, 3.63) is 41.2 Å². The van der Waals surface area contributed by atoms with E-state index in [1.54, 1.807) is 0 Å². The third-order valence-electron chi connectivity index (χ3n) is 3.54. The molecule has 0 fully saturated rings. The average molecular weight is 464 g/mol. The number of alkyl halides is 3. The summed E-state index contributed by atoms with van der Waals surface area (Å²) in [4.78, 5) is 34.6. The summed E-state index contributed by atoms with van der Waals surface area (Å²) in [6.45, 7) is 2.71. The zero-order valence-electron chi connectivity index (χ0n) is 15.6. The average Bonchev–Trinajstić information content (AvgIpc) is 2.97. The summed E-state index contributed by atoms with van der Waals surface area (Å²) < 4.78 is 57.2. The molecule has 1 atom stereocenters. The van der Waals surface area contributed by atoms with E-state index in [4.69, 9.17) is 10.5 Å². The molecule has 3 N–H and O–H groups in total. The summed E-state index contributed by atoms with van der Waals surface area (Å²) in [5.74, 6) is -3.04. The van der Waals surface area contributed by atoms with Gasteiger partial charge in [-0.3, -0.25) is 14.4 Å². The Hall–Kier alpha value is -2.60. The van der Waals surface area contributed by atoms with Crippen LogP contribution in [0.3, 0.4) is 0 Å². The van der Waals surface area contributed by atoms with Crippen molar-refractivity contribution in [2.24, 2.45) is 5.73 Å². The van der Waals surface area contributed by atoms with Crippen molar-refractivity contribution in [2.45, 2.75) is 41.7 Å². The van der Waals surface area contributed by atoms with E-state index in [2.05, 4.69) is 5.32 Å². The monoisotopic (exact) mass is 464 g/mol. The molecule has 2 rings (SSSR count). The lowest BCUT2D eigenvalue weighted by molar-refractivity contribution is -0.146. The minimum atomic E-state index is -4.67. The molecular formula is C18H16F4N2O4S2. The van der Waals surface area contributed by atoms with Crippen molar-refractivity contribution in [3.63, 3.8) is 0 Å². The molecule has 0 bridgehead atoms. The molecule has 1 heterocycles. The van der Waals surface area contributed by atoms with Crippen LogP contribution in [0.15, 0.2) is 33.4 Å². The second kappa shape index (κ2) is 9.47. The Morgan fingerprint density at radius 2 is 1.93 bits per heavy atom. The molecule has 1 unspecified atom stereocenters. The van der Waals surface area contributed by atoms with Gasteiger partial charge in [0.1, 0.15) is 16.9 Å². The first-order valence-corrected chi connectivity index (χ1v) is 9.95. The minimum Gasteiger partial charge on any atom is -0.462 e. The van der Waals surface area contributed by atoms with Gasteiger partial charge in [-0.15, -0.1) is 11.3 Å². The Morgan fingerprint density at radius 3 is 2.47 bits per heavy atom. The van der Waals surface area contributed by atoms with Gasteiger partial charge in [-0.25, -0.2) is 4.39 Å². The van der Waals surface area contributed by atoms with Crippen molar-refractivity contribution >= 4 is 45.9 Å². The zero-order valence-corrected chi connectivity index (χ0v) is 17.3. The number of carbonyl (C=O) groups excluding carboxylic acids is 3. The molecule has 2 amide bonds. The summed E-state index contributed by atoms with van der Waals surface area (Å²) in [6, 6.07) is 3.41. The van der Waals surface area contributed by atoms with Crippen molar-refractivity contribution in [1.82, 2.24) is 0 Å². The number of thiophene rings is 1. The fourth-order valence-corrected chi connectivity index (χ4v) is 4.51. The predicted octanol–water partition coefficient (Wildman–Crippen LogP) is 4.44. The van der Waals surface area contributed by atoms with Crippen LogP contribution < -0.4 is 11.1 Å². The highest BCUT2D eigenvalue weighted by atomic mass is 32.2. The number of hydrogen-bond acceptors (Lipinski definition) is 6. The maximum atomic E-state index is 14.1. The molecule has 6 nitrogen and oxygen atoms in total. The largest absolute Gasteiger partial charge is 0.462 e.